The van der Waals surface area contributed by atoms with Crippen LogP contribution in [0.1, 0.15) is 13.3 Å². The average molecular weight is 388 g/mol. The first kappa shape index (κ1) is 20.2. The van der Waals surface area contributed by atoms with Crippen molar-refractivity contribution in [1.82, 2.24) is 0 Å². The molecule has 0 spiro atoms. The number of aliphatic hydroxyl groups is 5. The Morgan fingerprint density at radius 2 is 1.96 bits per heavy atom. The van der Waals surface area contributed by atoms with Crippen LogP contribution in [-0.4, -0.2) is 87.8 Å². The van der Waals surface area contributed by atoms with Crippen molar-refractivity contribution in [3.05, 3.63) is 23.5 Å². The summed E-state index contributed by atoms with van der Waals surface area (Å²) in [5, 5.41) is 49.8. The molecular weight excluding hydrogens is 364 g/mol. The highest BCUT2D eigenvalue weighted by molar-refractivity contribution is 5.93. The normalized spacial score (nSPS) is 44.0. The Hall–Kier alpha value is -1.53. The van der Waals surface area contributed by atoms with Crippen molar-refractivity contribution in [2.24, 2.45) is 5.92 Å². The zero-order valence-electron chi connectivity index (χ0n) is 14.9. The second-order valence-electron chi connectivity index (χ2n) is 7.06. The number of rotatable bonds is 4. The average Bonchev–Trinajstić information content (AvgIpc) is 2.97. The minimum Gasteiger partial charge on any atom is -0.471 e. The molecule has 3 rings (SSSR count). The highest BCUT2D eigenvalue weighted by atomic mass is 16.8. The topological polar surface area (TPSA) is 155 Å². The summed E-state index contributed by atoms with van der Waals surface area (Å²) in [7, 11) is 1.22. The van der Waals surface area contributed by atoms with Gasteiger partial charge in [-0.3, -0.25) is 0 Å². The van der Waals surface area contributed by atoms with E-state index in [1.807, 2.05) is 0 Å². The molecule has 0 radical (unpaired) electrons. The SMILES string of the molecule is COC(=O)C1=COC(OC2OC(CO)C(O)C(O)C2O)C2C1=CCC2(C)O. The summed E-state index contributed by atoms with van der Waals surface area (Å²) in [5.74, 6) is -1.42. The molecule has 1 aliphatic carbocycles. The van der Waals surface area contributed by atoms with Gasteiger partial charge < -0.3 is 44.5 Å². The quantitative estimate of drug-likeness (QED) is 0.339. The number of fused-ring (bicyclic) bond motifs is 1. The molecular formula is C17H24O10. The molecule has 1 saturated heterocycles. The lowest BCUT2D eigenvalue weighted by Crippen LogP contribution is -2.60. The lowest BCUT2D eigenvalue weighted by molar-refractivity contribution is -0.342. The van der Waals surface area contributed by atoms with Crippen LogP contribution in [0.4, 0.5) is 0 Å². The van der Waals surface area contributed by atoms with E-state index in [0.717, 1.165) is 6.26 Å². The van der Waals surface area contributed by atoms with Crippen LogP contribution >= 0.6 is 0 Å². The summed E-state index contributed by atoms with van der Waals surface area (Å²) in [5.41, 5.74) is -0.677. The Kier molecular flexibility index (Phi) is 5.59. The predicted octanol–water partition coefficient (Wildman–Crippen LogP) is -2.09. The van der Waals surface area contributed by atoms with Gasteiger partial charge in [0.1, 0.15) is 30.7 Å². The van der Waals surface area contributed by atoms with Gasteiger partial charge in [0, 0.05) is 0 Å². The molecule has 152 valence electrons. The molecule has 8 atom stereocenters. The molecule has 1 fully saturated rings. The minimum atomic E-state index is -1.61. The maximum absolute atomic E-state index is 11.9. The zero-order chi connectivity index (χ0) is 19.9. The lowest BCUT2D eigenvalue weighted by atomic mass is 9.83. The number of esters is 1. The molecule has 0 aromatic rings. The third kappa shape index (κ3) is 3.49. The Morgan fingerprint density at radius 3 is 2.59 bits per heavy atom. The maximum atomic E-state index is 11.9. The van der Waals surface area contributed by atoms with Gasteiger partial charge in [0.25, 0.3) is 0 Å². The second kappa shape index (κ2) is 7.47. The number of carbonyl (C=O) groups excluding carboxylic acids is 1. The molecule has 0 bridgehead atoms. The molecule has 5 N–H and O–H groups in total. The number of ether oxygens (including phenoxy) is 4. The maximum Gasteiger partial charge on any atom is 0.341 e. The minimum absolute atomic E-state index is 0.147. The number of aliphatic hydroxyl groups excluding tert-OH is 4. The van der Waals surface area contributed by atoms with Crippen LogP contribution in [0.5, 0.6) is 0 Å². The van der Waals surface area contributed by atoms with Gasteiger partial charge in [-0.1, -0.05) is 6.08 Å². The van der Waals surface area contributed by atoms with Gasteiger partial charge in [0.15, 0.2) is 6.29 Å². The molecule has 3 aliphatic rings. The summed E-state index contributed by atoms with van der Waals surface area (Å²) >= 11 is 0. The van der Waals surface area contributed by atoms with Crippen molar-refractivity contribution in [2.75, 3.05) is 13.7 Å². The Balaban J connectivity index is 1.83. The third-order valence-corrected chi connectivity index (χ3v) is 5.17. The van der Waals surface area contributed by atoms with Gasteiger partial charge in [0.2, 0.25) is 6.29 Å². The van der Waals surface area contributed by atoms with E-state index in [4.69, 9.17) is 18.9 Å². The Morgan fingerprint density at radius 1 is 1.26 bits per heavy atom. The van der Waals surface area contributed by atoms with E-state index in [1.54, 1.807) is 13.0 Å². The Bertz CT molecular complexity index is 640. The number of hydrogen-bond donors (Lipinski definition) is 5. The van der Waals surface area contributed by atoms with Crippen LogP contribution in [0.15, 0.2) is 23.5 Å². The van der Waals surface area contributed by atoms with E-state index >= 15 is 0 Å². The van der Waals surface area contributed by atoms with Crippen LogP contribution in [-0.2, 0) is 23.7 Å². The van der Waals surface area contributed by atoms with Gasteiger partial charge in [-0.2, -0.15) is 0 Å². The molecule has 10 heteroatoms. The molecule has 0 aromatic carbocycles. The fourth-order valence-corrected chi connectivity index (χ4v) is 3.60. The molecule has 2 heterocycles. The zero-order valence-corrected chi connectivity index (χ0v) is 14.9. The van der Waals surface area contributed by atoms with Crippen LogP contribution < -0.4 is 0 Å². The number of hydrogen-bond acceptors (Lipinski definition) is 10. The van der Waals surface area contributed by atoms with Crippen molar-refractivity contribution >= 4 is 5.97 Å². The van der Waals surface area contributed by atoms with Gasteiger partial charge in [-0.05, 0) is 18.9 Å². The van der Waals surface area contributed by atoms with Crippen LogP contribution in [0.25, 0.3) is 0 Å². The van der Waals surface area contributed by atoms with Crippen LogP contribution in [0.3, 0.4) is 0 Å². The van der Waals surface area contributed by atoms with Crippen molar-refractivity contribution < 1.29 is 49.3 Å². The molecule has 0 aromatic heterocycles. The van der Waals surface area contributed by atoms with E-state index in [9.17, 15) is 30.3 Å². The molecule has 0 amide bonds. The molecule has 27 heavy (non-hydrogen) atoms. The third-order valence-electron chi connectivity index (χ3n) is 5.17. The fourth-order valence-electron chi connectivity index (χ4n) is 3.60. The van der Waals surface area contributed by atoms with E-state index in [-0.39, 0.29) is 12.0 Å². The van der Waals surface area contributed by atoms with Crippen LogP contribution in [0, 0.1) is 5.92 Å². The van der Waals surface area contributed by atoms with Gasteiger partial charge in [-0.15, -0.1) is 0 Å². The van der Waals surface area contributed by atoms with E-state index in [2.05, 4.69) is 0 Å². The number of methoxy groups -OCH3 is 1. The fraction of sp³-hybridized carbons (Fsp3) is 0.706. The second-order valence-corrected chi connectivity index (χ2v) is 7.06. The largest absolute Gasteiger partial charge is 0.471 e. The molecule has 8 unspecified atom stereocenters. The summed E-state index contributed by atoms with van der Waals surface area (Å²) in [4.78, 5) is 11.9. The molecule has 2 aliphatic heterocycles. The van der Waals surface area contributed by atoms with Gasteiger partial charge in [0.05, 0.1) is 30.8 Å². The van der Waals surface area contributed by atoms with Crippen molar-refractivity contribution in [1.29, 1.82) is 0 Å². The lowest BCUT2D eigenvalue weighted by Gasteiger charge is -2.43. The van der Waals surface area contributed by atoms with Gasteiger partial charge in [-0.25, -0.2) is 4.79 Å². The first-order valence-corrected chi connectivity index (χ1v) is 8.54. The first-order valence-electron chi connectivity index (χ1n) is 8.54. The van der Waals surface area contributed by atoms with Crippen molar-refractivity contribution in [2.45, 2.75) is 55.9 Å². The number of carbonyl (C=O) groups is 1. The van der Waals surface area contributed by atoms with Crippen molar-refractivity contribution in [3.63, 3.8) is 0 Å². The summed E-state index contributed by atoms with van der Waals surface area (Å²) in [6, 6.07) is 0. The highest BCUT2D eigenvalue weighted by Crippen LogP contribution is 2.45. The first-order chi connectivity index (χ1) is 12.7. The highest BCUT2D eigenvalue weighted by Gasteiger charge is 2.52. The van der Waals surface area contributed by atoms with E-state index in [0.29, 0.717) is 5.57 Å². The monoisotopic (exact) mass is 388 g/mol. The molecule has 10 nitrogen and oxygen atoms in total. The summed E-state index contributed by atoms with van der Waals surface area (Å²) < 4.78 is 21.1. The summed E-state index contributed by atoms with van der Waals surface area (Å²) in [6.45, 7) is 0.948. The Labute approximate surface area is 155 Å². The van der Waals surface area contributed by atoms with E-state index < -0.39 is 61.1 Å². The predicted molar refractivity (Wildman–Crippen MR) is 86.6 cm³/mol. The molecule has 0 saturated carbocycles. The van der Waals surface area contributed by atoms with Gasteiger partial charge >= 0.3 is 5.97 Å². The van der Waals surface area contributed by atoms with E-state index in [1.165, 1.54) is 7.11 Å². The van der Waals surface area contributed by atoms with Crippen molar-refractivity contribution in [3.8, 4) is 0 Å². The van der Waals surface area contributed by atoms with Crippen LogP contribution in [0.2, 0.25) is 0 Å². The standard InChI is InChI=1S/C17H24O10/c1-17(23)4-3-7-8(14(22)24-2)6-25-15(10(7)17)27-16-13(21)12(20)11(19)9(5-18)26-16/h3,6,9-13,15-16,18-21,23H,4-5H2,1-2H3. The summed E-state index contributed by atoms with van der Waals surface area (Å²) in [6.07, 6.45) is -5.41. The smallest absolute Gasteiger partial charge is 0.341 e.